The maximum atomic E-state index is 11.8. The van der Waals surface area contributed by atoms with Crippen LogP contribution < -0.4 is 15.1 Å². The van der Waals surface area contributed by atoms with Gasteiger partial charge in [0, 0.05) is 55.6 Å². The largest absolute Gasteiger partial charge is 0.507 e. The number of rotatable bonds is 5. The fraction of sp³-hybridized carbons (Fsp3) is 0.545. The van der Waals surface area contributed by atoms with Crippen molar-refractivity contribution in [2.45, 2.75) is 56.5 Å². The maximum absolute atomic E-state index is 11.8. The molecule has 3 aliphatic heterocycles. The number of phenols is 1. The molecule has 2 aliphatic carbocycles. The quantitative estimate of drug-likeness (QED) is 0.420. The highest BCUT2D eigenvalue weighted by atomic mass is 16.5. The predicted molar refractivity (Wildman–Crippen MR) is 167 cm³/mol. The Bertz CT molecular complexity index is 1550. The van der Waals surface area contributed by atoms with E-state index in [0.717, 1.165) is 88.1 Å². The van der Waals surface area contributed by atoms with Crippen LogP contribution in [0.4, 0.5) is 17.5 Å². The Labute approximate surface area is 257 Å². The summed E-state index contributed by atoms with van der Waals surface area (Å²) in [5.74, 6) is 2.38. The highest BCUT2D eigenvalue weighted by Gasteiger charge is 2.56. The Morgan fingerprint density at radius 1 is 1.02 bits per heavy atom. The van der Waals surface area contributed by atoms with Crippen LogP contribution in [0.2, 0.25) is 0 Å². The number of nitrogens with zero attached hydrogens (tertiary/aromatic N) is 7. The third-order valence-electron chi connectivity index (χ3n) is 10.9. The van der Waals surface area contributed by atoms with Gasteiger partial charge < -0.3 is 29.9 Å². The zero-order chi connectivity index (χ0) is 29.8. The lowest BCUT2D eigenvalue weighted by molar-refractivity contribution is -0.163. The van der Waals surface area contributed by atoms with Gasteiger partial charge in [0.15, 0.2) is 5.82 Å². The number of fused-ring (bicyclic) bond motifs is 3. The van der Waals surface area contributed by atoms with Crippen LogP contribution in [0.25, 0.3) is 11.3 Å². The van der Waals surface area contributed by atoms with Gasteiger partial charge in [-0.1, -0.05) is 12.1 Å². The predicted octanol–water partition coefficient (Wildman–Crippen LogP) is 3.67. The molecule has 3 aromatic rings. The Hall–Kier alpha value is -3.99. The molecule has 2 aromatic heterocycles. The van der Waals surface area contributed by atoms with Crippen LogP contribution in [-0.4, -0.2) is 94.6 Å². The van der Waals surface area contributed by atoms with Crippen molar-refractivity contribution in [2.24, 2.45) is 11.3 Å². The van der Waals surface area contributed by atoms with Crippen molar-refractivity contribution in [3.63, 3.8) is 0 Å². The summed E-state index contributed by atoms with van der Waals surface area (Å²) < 4.78 is 4.94. The number of esters is 1. The third kappa shape index (κ3) is 4.81. The SMILES string of the molecule is COC(=O)C1CC2(C1)CC(N1CCC(c3ccnc(N4CCN5c6cc(-c7ccccc7O)nnc6NC[C@@H]5C4)n3)CC1)C2. The van der Waals surface area contributed by atoms with Gasteiger partial charge in [0.25, 0.3) is 0 Å². The molecule has 2 saturated carbocycles. The molecule has 11 heteroatoms. The van der Waals surface area contributed by atoms with E-state index in [-0.39, 0.29) is 23.7 Å². The number of hydrogen-bond acceptors (Lipinski definition) is 11. The number of phenolic OH excluding ortho intramolecular Hbond substituents is 1. The molecule has 1 spiro atoms. The summed E-state index contributed by atoms with van der Waals surface area (Å²) in [4.78, 5) is 29.0. The molecule has 8 rings (SSSR count). The van der Waals surface area contributed by atoms with Crippen LogP contribution in [0.5, 0.6) is 5.75 Å². The Kier molecular flexibility index (Phi) is 6.81. The lowest BCUT2D eigenvalue weighted by atomic mass is 9.49. The molecule has 0 bridgehead atoms. The molecule has 44 heavy (non-hydrogen) atoms. The van der Waals surface area contributed by atoms with Gasteiger partial charge in [0.05, 0.1) is 30.5 Å². The van der Waals surface area contributed by atoms with Crippen molar-refractivity contribution < 1.29 is 14.6 Å². The first kappa shape index (κ1) is 27.6. The number of benzene rings is 1. The Morgan fingerprint density at radius 2 is 1.84 bits per heavy atom. The second-order valence-electron chi connectivity index (χ2n) is 13.4. The normalized spacial score (nSPS) is 28.3. The average Bonchev–Trinajstić information content (AvgIpc) is 3.03. The summed E-state index contributed by atoms with van der Waals surface area (Å²) in [5, 5.41) is 22.6. The van der Waals surface area contributed by atoms with Crippen LogP contribution in [-0.2, 0) is 9.53 Å². The molecule has 5 heterocycles. The molecule has 5 aliphatic rings. The summed E-state index contributed by atoms with van der Waals surface area (Å²) in [6.07, 6.45) is 8.69. The van der Waals surface area contributed by atoms with Gasteiger partial charge in [-0.15, -0.1) is 10.2 Å². The molecule has 2 saturated heterocycles. The topological polar surface area (TPSA) is 120 Å². The van der Waals surface area contributed by atoms with Crippen molar-refractivity contribution in [1.29, 1.82) is 0 Å². The zero-order valence-corrected chi connectivity index (χ0v) is 25.2. The first-order valence-corrected chi connectivity index (χ1v) is 16.0. The second kappa shape index (κ2) is 10.9. The number of aromatic nitrogens is 4. The zero-order valence-electron chi connectivity index (χ0n) is 25.2. The standard InChI is InChI=1S/C33H40N8O3/c1-44-31(43)22-15-33(16-22)17-23(18-33)39-10-7-21(8-11-39)26-6-9-34-32(36-26)40-12-13-41-24(20-40)19-35-30-28(41)14-27(37-38-30)25-4-2-3-5-29(25)42/h2-6,9,14,21-24,42H,7-8,10-13,15-20H2,1H3,(H,35,38)/t22?,23?,24-,33?/m1/s1. The van der Waals surface area contributed by atoms with Crippen molar-refractivity contribution in [2.75, 3.05) is 61.5 Å². The summed E-state index contributed by atoms with van der Waals surface area (Å²) in [5.41, 5.74) is 3.94. The number of carbonyl (C=O) groups excluding carboxylic acids is 1. The number of anilines is 3. The van der Waals surface area contributed by atoms with Gasteiger partial charge >= 0.3 is 5.97 Å². The highest BCUT2D eigenvalue weighted by Crippen LogP contribution is 2.60. The summed E-state index contributed by atoms with van der Waals surface area (Å²) in [6, 6.07) is 12.3. The molecule has 1 aromatic carbocycles. The first-order valence-electron chi connectivity index (χ1n) is 16.0. The van der Waals surface area contributed by atoms with Gasteiger partial charge in [-0.3, -0.25) is 4.79 Å². The average molecular weight is 597 g/mol. The van der Waals surface area contributed by atoms with Crippen molar-refractivity contribution >= 4 is 23.4 Å². The van der Waals surface area contributed by atoms with Crippen molar-refractivity contribution in [3.8, 4) is 17.0 Å². The number of nitrogens with one attached hydrogen (secondary N) is 1. The van der Waals surface area contributed by atoms with Crippen LogP contribution in [0.15, 0.2) is 42.6 Å². The van der Waals surface area contributed by atoms with E-state index in [4.69, 9.17) is 14.7 Å². The number of methoxy groups -OCH3 is 1. The van der Waals surface area contributed by atoms with Gasteiger partial charge in [-0.05, 0) is 81.3 Å². The molecule has 0 radical (unpaired) electrons. The van der Waals surface area contributed by atoms with E-state index >= 15 is 0 Å². The minimum atomic E-state index is -0.0269. The highest BCUT2D eigenvalue weighted by molar-refractivity contribution is 5.77. The molecule has 11 nitrogen and oxygen atoms in total. The fourth-order valence-corrected chi connectivity index (χ4v) is 8.44. The minimum Gasteiger partial charge on any atom is -0.507 e. The summed E-state index contributed by atoms with van der Waals surface area (Å²) in [6.45, 7) is 5.49. The number of carbonyl (C=O) groups is 1. The van der Waals surface area contributed by atoms with Crippen molar-refractivity contribution in [3.05, 3.63) is 48.3 Å². The number of aromatic hydroxyl groups is 1. The first-order chi connectivity index (χ1) is 21.5. The lowest BCUT2D eigenvalue weighted by Crippen LogP contribution is -2.58. The number of para-hydroxylation sites is 1. The Morgan fingerprint density at radius 3 is 2.64 bits per heavy atom. The number of likely N-dealkylation sites (tertiary alicyclic amines) is 1. The van der Waals surface area contributed by atoms with Gasteiger partial charge in [-0.2, -0.15) is 0 Å². The number of hydrogen-bond donors (Lipinski definition) is 2. The monoisotopic (exact) mass is 596 g/mol. The molecule has 2 N–H and O–H groups in total. The van der Waals surface area contributed by atoms with E-state index in [1.165, 1.54) is 20.0 Å². The van der Waals surface area contributed by atoms with E-state index in [0.29, 0.717) is 28.6 Å². The third-order valence-corrected chi connectivity index (χ3v) is 10.9. The van der Waals surface area contributed by atoms with E-state index in [1.807, 2.05) is 30.5 Å². The smallest absolute Gasteiger partial charge is 0.308 e. The number of ether oxygens (including phenoxy) is 1. The van der Waals surface area contributed by atoms with Crippen LogP contribution >= 0.6 is 0 Å². The molecule has 4 fully saturated rings. The minimum absolute atomic E-state index is 0.0269. The molecule has 0 amide bonds. The van der Waals surface area contributed by atoms with E-state index in [1.54, 1.807) is 6.07 Å². The molecular formula is C33H40N8O3. The molecular weight excluding hydrogens is 556 g/mol. The van der Waals surface area contributed by atoms with Crippen LogP contribution in [0.1, 0.15) is 50.1 Å². The summed E-state index contributed by atoms with van der Waals surface area (Å²) in [7, 11) is 1.50. The molecule has 0 unspecified atom stereocenters. The maximum Gasteiger partial charge on any atom is 0.308 e. The van der Waals surface area contributed by atoms with Crippen LogP contribution in [0, 0.1) is 11.3 Å². The van der Waals surface area contributed by atoms with Crippen LogP contribution in [0.3, 0.4) is 0 Å². The summed E-state index contributed by atoms with van der Waals surface area (Å²) >= 11 is 0. The molecule has 1 atom stereocenters. The van der Waals surface area contributed by atoms with Gasteiger partial charge in [0.2, 0.25) is 5.95 Å². The van der Waals surface area contributed by atoms with E-state index in [9.17, 15) is 9.90 Å². The lowest BCUT2D eigenvalue weighted by Gasteiger charge is -2.60. The van der Waals surface area contributed by atoms with Gasteiger partial charge in [-0.25, -0.2) is 9.97 Å². The van der Waals surface area contributed by atoms with E-state index in [2.05, 4.69) is 36.3 Å². The van der Waals surface area contributed by atoms with Gasteiger partial charge in [0.1, 0.15) is 5.75 Å². The Balaban J connectivity index is 0.882. The number of piperazine rings is 1. The number of piperidine rings is 1. The fourth-order valence-electron chi connectivity index (χ4n) is 8.44. The molecule has 230 valence electrons. The second-order valence-corrected chi connectivity index (χ2v) is 13.4. The van der Waals surface area contributed by atoms with Crippen molar-refractivity contribution in [1.82, 2.24) is 25.1 Å². The van der Waals surface area contributed by atoms with E-state index < -0.39 is 0 Å².